The maximum atomic E-state index is 13.1. The summed E-state index contributed by atoms with van der Waals surface area (Å²) in [6.45, 7) is 6.31. The maximum Gasteiger partial charge on any atom is 0.254 e. The van der Waals surface area contributed by atoms with Crippen LogP contribution in [-0.2, 0) is 14.8 Å². The maximum absolute atomic E-state index is 13.1. The molecule has 0 aromatic heterocycles. The van der Waals surface area contributed by atoms with Gasteiger partial charge in [-0.25, -0.2) is 13.6 Å². The molecule has 0 radical (unpaired) electrons. The molecule has 0 bridgehead atoms. The number of hydrogen-bond acceptors (Lipinski definition) is 4. The van der Waals surface area contributed by atoms with E-state index in [1.54, 1.807) is 36.8 Å². The second-order valence-corrected chi connectivity index (χ2v) is 8.41. The summed E-state index contributed by atoms with van der Waals surface area (Å²) in [6.07, 6.45) is 2.36. The van der Waals surface area contributed by atoms with Crippen molar-refractivity contribution in [1.82, 2.24) is 9.80 Å². The van der Waals surface area contributed by atoms with Crippen LogP contribution in [0.1, 0.15) is 47.7 Å². The molecule has 144 valence electrons. The Balaban J connectivity index is 2.43. The van der Waals surface area contributed by atoms with Crippen molar-refractivity contribution in [3.63, 3.8) is 0 Å². The minimum absolute atomic E-state index is 0.0496. The number of unbranched alkanes of at least 4 members (excludes halogenated alkanes) is 1. The number of hydrogen-bond donors (Lipinski definition) is 1. The number of nitrogens with zero attached hydrogens (tertiary/aromatic N) is 2. The lowest BCUT2D eigenvalue weighted by atomic mass is 10.0. The van der Waals surface area contributed by atoms with Crippen LogP contribution in [0.15, 0.2) is 17.0 Å². The second-order valence-electron chi connectivity index (χ2n) is 6.88. The third kappa shape index (κ3) is 4.07. The van der Waals surface area contributed by atoms with E-state index >= 15 is 0 Å². The average Bonchev–Trinajstić information content (AvgIpc) is 2.56. The lowest BCUT2D eigenvalue weighted by Crippen LogP contribution is -2.57. The molecular formula is C18H27N3O4S. The predicted molar refractivity (Wildman–Crippen MR) is 99.3 cm³/mol. The van der Waals surface area contributed by atoms with Gasteiger partial charge in [0.05, 0.1) is 4.90 Å². The van der Waals surface area contributed by atoms with Gasteiger partial charge in [-0.05, 0) is 43.5 Å². The minimum Gasteiger partial charge on any atom is -0.342 e. The number of carbonyl (C=O) groups excluding carboxylic acids is 2. The van der Waals surface area contributed by atoms with E-state index in [9.17, 15) is 18.0 Å². The Kier molecular flexibility index (Phi) is 6.08. The van der Waals surface area contributed by atoms with Gasteiger partial charge in [-0.3, -0.25) is 9.59 Å². The van der Waals surface area contributed by atoms with Crippen molar-refractivity contribution in [3.8, 4) is 0 Å². The third-order valence-corrected chi connectivity index (χ3v) is 6.02. The van der Waals surface area contributed by atoms with Gasteiger partial charge >= 0.3 is 0 Å². The molecule has 2 rings (SSSR count). The van der Waals surface area contributed by atoms with E-state index in [1.807, 2.05) is 6.92 Å². The van der Waals surface area contributed by atoms with Crippen LogP contribution in [0, 0.1) is 13.8 Å². The molecule has 7 nitrogen and oxygen atoms in total. The Morgan fingerprint density at radius 1 is 1.27 bits per heavy atom. The number of nitrogens with two attached hydrogens (primary N) is 1. The van der Waals surface area contributed by atoms with Gasteiger partial charge in [0.15, 0.2) is 0 Å². The smallest absolute Gasteiger partial charge is 0.254 e. The molecule has 1 aliphatic rings. The van der Waals surface area contributed by atoms with Gasteiger partial charge in [-0.2, -0.15) is 0 Å². The van der Waals surface area contributed by atoms with Crippen LogP contribution in [0.25, 0.3) is 0 Å². The zero-order chi connectivity index (χ0) is 19.6. The number of likely N-dealkylation sites (N-methyl/N-ethyl adjacent to an activating group) is 1. The molecule has 1 heterocycles. The number of primary sulfonamides is 1. The molecular weight excluding hydrogens is 354 g/mol. The monoisotopic (exact) mass is 381 g/mol. The number of rotatable bonds is 5. The van der Waals surface area contributed by atoms with Crippen LogP contribution in [0.5, 0.6) is 0 Å². The van der Waals surface area contributed by atoms with E-state index in [0.717, 1.165) is 12.8 Å². The second kappa shape index (κ2) is 7.75. The first kappa shape index (κ1) is 20.4. The number of amides is 2. The molecule has 1 aliphatic heterocycles. The Hall–Kier alpha value is -1.93. The Morgan fingerprint density at radius 2 is 1.92 bits per heavy atom. The van der Waals surface area contributed by atoms with E-state index in [2.05, 4.69) is 0 Å². The molecule has 2 amide bonds. The number of aryl methyl sites for hydroxylation is 1. The fourth-order valence-corrected chi connectivity index (χ4v) is 4.12. The summed E-state index contributed by atoms with van der Waals surface area (Å²) in [5, 5.41) is 5.29. The Labute approximate surface area is 155 Å². The van der Waals surface area contributed by atoms with Gasteiger partial charge in [0, 0.05) is 25.7 Å². The SMILES string of the molecule is CCCCC1C(=O)N(C)CCN1C(=O)c1cc(C)c(C)c(S(N)(=O)=O)c1. The molecule has 1 unspecified atom stereocenters. The molecule has 1 atom stereocenters. The van der Waals surface area contributed by atoms with Crippen molar-refractivity contribution < 1.29 is 18.0 Å². The number of carbonyl (C=O) groups is 2. The number of benzene rings is 1. The highest BCUT2D eigenvalue weighted by atomic mass is 32.2. The minimum atomic E-state index is -3.94. The molecule has 2 N–H and O–H groups in total. The highest BCUT2D eigenvalue weighted by Gasteiger charge is 2.36. The van der Waals surface area contributed by atoms with Crippen LogP contribution < -0.4 is 5.14 Å². The molecule has 26 heavy (non-hydrogen) atoms. The van der Waals surface area contributed by atoms with Gasteiger partial charge < -0.3 is 9.80 Å². The summed E-state index contributed by atoms with van der Waals surface area (Å²) < 4.78 is 23.7. The molecule has 0 aliphatic carbocycles. The highest BCUT2D eigenvalue weighted by molar-refractivity contribution is 7.89. The van der Waals surface area contributed by atoms with Gasteiger partial charge in [-0.1, -0.05) is 19.8 Å². The van der Waals surface area contributed by atoms with E-state index in [1.165, 1.54) is 6.07 Å². The summed E-state index contributed by atoms with van der Waals surface area (Å²) in [6, 6.07) is 2.46. The fraction of sp³-hybridized carbons (Fsp3) is 0.556. The standard InChI is InChI=1S/C18H27N3O4S/c1-5-6-7-15-18(23)20(4)8-9-21(15)17(22)14-10-12(2)13(3)16(11-14)26(19,24)25/h10-11,15H,5-9H2,1-4H3,(H2,19,24,25). The zero-order valence-electron chi connectivity index (χ0n) is 15.8. The Morgan fingerprint density at radius 3 is 2.50 bits per heavy atom. The third-order valence-electron chi connectivity index (χ3n) is 4.98. The first-order valence-electron chi connectivity index (χ1n) is 8.78. The van der Waals surface area contributed by atoms with Crippen LogP contribution in [-0.4, -0.2) is 56.2 Å². The topological polar surface area (TPSA) is 101 Å². The van der Waals surface area contributed by atoms with Gasteiger partial charge in [0.25, 0.3) is 5.91 Å². The summed E-state index contributed by atoms with van der Waals surface area (Å²) in [4.78, 5) is 28.8. The normalized spacial score (nSPS) is 18.3. The molecule has 1 aromatic rings. The lowest BCUT2D eigenvalue weighted by Gasteiger charge is -2.39. The number of sulfonamides is 1. The summed E-state index contributed by atoms with van der Waals surface area (Å²) in [5.41, 5.74) is 1.45. The lowest BCUT2D eigenvalue weighted by molar-refractivity contribution is -0.138. The largest absolute Gasteiger partial charge is 0.342 e. The van der Waals surface area contributed by atoms with E-state index < -0.39 is 16.1 Å². The van der Waals surface area contributed by atoms with Crippen molar-refractivity contribution in [3.05, 3.63) is 28.8 Å². The van der Waals surface area contributed by atoms with E-state index in [4.69, 9.17) is 5.14 Å². The van der Waals surface area contributed by atoms with E-state index in [0.29, 0.717) is 30.6 Å². The van der Waals surface area contributed by atoms with Crippen LogP contribution in [0.4, 0.5) is 0 Å². The van der Waals surface area contributed by atoms with Crippen molar-refractivity contribution in [2.75, 3.05) is 20.1 Å². The van der Waals surface area contributed by atoms with Gasteiger partial charge in [-0.15, -0.1) is 0 Å². The first-order chi connectivity index (χ1) is 12.1. The molecule has 8 heteroatoms. The predicted octanol–water partition coefficient (Wildman–Crippen LogP) is 1.42. The average molecular weight is 381 g/mol. The summed E-state index contributed by atoms with van der Waals surface area (Å²) >= 11 is 0. The number of piperazine rings is 1. The molecule has 1 fully saturated rings. The molecule has 1 aromatic carbocycles. The quantitative estimate of drug-likeness (QED) is 0.833. The first-order valence-corrected chi connectivity index (χ1v) is 10.3. The highest BCUT2D eigenvalue weighted by Crippen LogP contribution is 2.24. The molecule has 0 spiro atoms. The van der Waals surface area contributed by atoms with Gasteiger partial charge in [0.2, 0.25) is 15.9 Å². The Bertz CT molecular complexity index is 820. The summed E-state index contributed by atoms with van der Waals surface area (Å²) in [7, 11) is -2.20. The molecule has 0 saturated carbocycles. The van der Waals surface area contributed by atoms with Crippen molar-refractivity contribution in [2.24, 2.45) is 5.14 Å². The van der Waals surface area contributed by atoms with Crippen LogP contribution in [0.2, 0.25) is 0 Å². The van der Waals surface area contributed by atoms with Crippen molar-refractivity contribution in [1.29, 1.82) is 0 Å². The fourth-order valence-electron chi connectivity index (χ4n) is 3.24. The summed E-state index contributed by atoms with van der Waals surface area (Å²) in [5.74, 6) is -0.408. The van der Waals surface area contributed by atoms with Gasteiger partial charge in [0.1, 0.15) is 6.04 Å². The van der Waals surface area contributed by atoms with Crippen molar-refractivity contribution >= 4 is 21.8 Å². The zero-order valence-corrected chi connectivity index (χ0v) is 16.6. The van der Waals surface area contributed by atoms with Crippen molar-refractivity contribution in [2.45, 2.75) is 51.0 Å². The van der Waals surface area contributed by atoms with Crippen LogP contribution in [0.3, 0.4) is 0 Å². The molecule has 1 saturated heterocycles. The van der Waals surface area contributed by atoms with Crippen LogP contribution >= 0.6 is 0 Å². The van der Waals surface area contributed by atoms with E-state index in [-0.39, 0.29) is 22.3 Å².